The van der Waals surface area contributed by atoms with Crippen molar-refractivity contribution in [3.05, 3.63) is 65.6 Å². The molecule has 0 aliphatic carbocycles. The van der Waals surface area contributed by atoms with E-state index in [9.17, 15) is 18.8 Å². The Morgan fingerprint density at radius 3 is 2.76 bits per heavy atom. The zero-order valence-corrected chi connectivity index (χ0v) is 20.6. The highest BCUT2D eigenvalue weighted by atomic mass is 19.1. The van der Waals surface area contributed by atoms with E-state index in [1.807, 2.05) is 29.3 Å². The maximum Gasteiger partial charge on any atom is 0.264 e. The van der Waals surface area contributed by atoms with Crippen LogP contribution < -0.4 is 10.6 Å². The first-order valence-corrected chi connectivity index (χ1v) is 12.2. The molecule has 0 bridgehead atoms. The van der Waals surface area contributed by atoms with Crippen molar-refractivity contribution in [2.24, 2.45) is 13.0 Å². The summed E-state index contributed by atoms with van der Waals surface area (Å²) in [7, 11) is 1.66. The first-order chi connectivity index (χ1) is 17.8. The van der Waals surface area contributed by atoms with Gasteiger partial charge in [0.1, 0.15) is 23.4 Å². The SMILES string of the molecule is C[C@H](CC(=O)Nc1cc(-c2ccc(F)cn2)nn1C)C(=O)N[C@@H]1C(=O)N2CCCN2Cc2ccccc21. The molecule has 2 aliphatic rings. The average molecular weight is 506 g/mol. The first kappa shape index (κ1) is 24.6. The lowest BCUT2D eigenvalue weighted by molar-refractivity contribution is -0.148. The van der Waals surface area contributed by atoms with Gasteiger partial charge in [-0.1, -0.05) is 31.2 Å². The molecule has 2 aromatic heterocycles. The van der Waals surface area contributed by atoms with Gasteiger partial charge < -0.3 is 10.6 Å². The molecular weight excluding hydrogens is 477 g/mol. The predicted molar refractivity (Wildman–Crippen MR) is 133 cm³/mol. The van der Waals surface area contributed by atoms with E-state index in [2.05, 4.69) is 20.7 Å². The molecule has 3 aromatic rings. The lowest BCUT2D eigenvalue weighted by Crippen LogP contribution is -2.46. The van der Waals surface area contributed by atoms with Crippen molar-refractivity contribution in [3.8, 4) is 11.4 Å². The van der Waals surface area contributed by atoms with E-state index in [4.69, 9.17) is 0 Å². The molecule has 1 fully saturated rings. The molecule has 0 saturated carbocycles. The molecule has 3 amide bonds. The van der Waals surface area contributed by atoms with E-state index in [1.165, 1.54) is 16.8 Å². The van der Waals surface area contributed by atoms with Crippen molar-refractivity contribution in [1.82, 2.24) is 30.1 Å². The summed E-state index contributed by atoms with van der Waals surface area (Å²) in [6, 6.07) is 11.2. The minimum atomic E-state index is -0.805. The number of nitrogens with zero attached hydrogens (tertiary/aromatic N) is 5. The third-order valence-electron chi connectivity index (χ3n) is 6.71. The summed E-state index contributed by atoms with van der Waals surface area (Å²) in [5.41, 5.74) is 2.72. The third-order valence-corrected chi connectivity index (χ3v) is 6.71. The summed E-state index contributed by atoms with van der Waals surface area (Å²) in [5.74, 6) is -1.62. The van der Waals surface area contributed by atoms with Crippen molar-refractivity contribution in [2.75, 3.05) is 18.4 Å². The number of aromatic nitrogens is 3. The minimum absolute atomic E-state index is 0.0838. The average Bonchev–Trinajstić information content (AvgIpc) is 3.46. The summed E-state index contributed by atoms with van der Waals surface area (Å²) < 4.78 is 14.6. The maximum atomic E-state index is 13.3. The Balaban J connectivity index is 1.24. The Labute approximate surface area is 213 Å². The van der Waals surface area contributed by atoms with Crippen molar-refractivity contribution in [3.63, 3.8) is 0 Å². The minimum Gasteiger partial charge on any atom is -0.340 e. The second-order valence-electron chi connectivity index (χ2n) is 9.40. The van der Waals surface area contributed by atoms with Crippen LogP contribution in [0.4, 0.5) is 10.2 Å². The monoisotopic (exact) mass is 505 g/mol. The molecule has 1 aromatic carbocycles. The molecule has 2 N–H and O–H groups in total. The predicted octanol–water partition coefficient (Wildman–Crippen LogP) is 2.41. The van der Waals surface area contributed by atoms with Crippen LogP contribution >= 0.6 is 0 Å². The van der Waals surface area contributed by atoms with E-state index < -0.39 is 17.8 Å². The smallest absolute Gasteiger partial charge is 0.264 e. The van der Waals surface area contributed by atoms with Crippen LogP contribution in [-0.2, 0) is 28.0 Å². The number of carbonyl (C=O) groups is 3. The number of halogens is 1. The quantitative estimate of drug-likeness (QED) is 0.532. The van der Waals surface area contributed by atoms with Crippen LogP contribution in [0.5, 0.6) is 0 Å². The Morgan fingerprint density at radius 2 is 1.97 bits per heavy atom. The number of carbonyl (C=O) groups excluding carboxylic acids is 3. The normalized spacial score (nSPS) is 18.1. The summed E-state index contributed by atoms with van der Waals surface area (Å²) in [6.07, 6.45) is 1.90. The number of fused-ring (bicyclic) bond motifs is 2. The van der Waals surface area contributed by atoms with E-state index >= 15 is 0 Å². The molecule has 192 valence electrons. The molecule has 2 atom stereocenters. The highest BCUT2D eigenvalue weighted by molar-refractivity contribution is 5.95. The number of benzene rings is 1. The van der Waals surface area contributed by atoms with E-state index in [-0.39, 0.29) is 24.1 Å². The highest BCUT2D eigenvalue weighted by Crippen LogP contribution is 2.30. The number of hydrogen-bond acceptors (Lipinski definition) is 6. The fourth-order valence-corrected chi connectivity index (χ4v) is 4.74. The van der Waals surface area contributed by atoms with Gasteiger partial charge in [0.05, 0.1) is 11.9 Å². The zero-order chi connectivity index (χ0) is 26.1. The van der Waals surface area contributed by atoms with E-state index in [0.29, 0.717) is 30.3 Å². The van der Waals surface area contributed by atoms with Crippen LogP contribution in [0.15, 0.2) is 48.7 Å². The molecule has 0 spiro atoms. The van der Waals surface area contributed by atoms with Crippen LogP contribution in [0.25, 0.3) is 11.4 Å². The highest BCUT2D eigenvalue weighted by Gasteiger charge is 2.38. The summed E-state index contributed by atoms with van der Waals surface area (Å²) in [5, 5.41) is 13.7. The van der Waals surface area contributed by atoms with Crippen molar-refractivity contribution < 1.29 is 18.8 Å². The molecule has 0 radical (unpaired) electrons. The molecule has 10 nitrogen and oxygen atoms in total. The lowest BCUT2D eigenvalue weighted by Gasteiger charge is -2.28. The summed E-state index contributed by atoms with van der Waals surface area (Å²) in [6.45, 7) is 3.69. The van der Waals surface area contributed by atoms with Gasteiger partial charge in [-0.25, -0.2) is 9.40 Å². The van der Waals surface area contributed by atoms with Gasteiger partial charge in [-0.3, -0.25) is 29.1 Å². The standard InChI is InChI=1S/C26H28FN7O3/c1-16(12-23(35)29-22-13-21(31-32(22)2)20-9-8-18(27)14-28-20)25(36)30-24-19-7-4-3-6-17(19)15-33-10-5-11-34(33)26(24)37/h3-4,6-9,13-14,16,24H,5,10-12,15H2,1-2H3,(H,29,35)(H,30,36)/t16-,24+/m1/s1. The fourth-order valence-electron chi connectivity index (χ4n) is 4.74. The van der Waals surface area contributed by atoms with E-state index in [1.54, 1.807) is 25.0 Å². The molecule has 5 rings (SSSR count). The van der Waals surface area contributed by atoms with Gasteiger partial charge >= 0.3 is 0 Å². The number of amides is 3. The van der Waals surface area contributed by atoms with Crippen molar-refractivity contribution in [1.29, 1.82) is 0 Å². The van der Waals surface area contributed by atoms with Gasteiger partial charge in [-0.15, -0.1) is 0 Å². The largest absolute Gasteiger partial charge is 0.340 e. The van der Waals surface area contributed by atoms with Gasteiger partial charge in [0.25, 0.3) is 5.91 Å². The van der Waals surface area contributed by atoms with Crippen molar-refractivity contribution in [2.45, 2.75) is 32.4 Å². The van der Waals surface area contributed by atoms with Crippen LogP contribution in [0.1, 0.15) is 36.9 Å². The number of hydrogen-bond donors (Lipinski definition) is 2. The van der Waals surface area contributed by atoms with Crippen molar-refractivity contribution >= 4 is 23.5 Å². The summed E-state index contributed by atoms with van der Waals surface area (Å²) in [4.78, 5) is 43.2. The number of aryl methyl sites for hydroxylation is 1. The van der Waals surface area contributed by atoms with Gasteiger partial charge in [0, 0.05) is 45.1 Å². The molecule has 4 heterocycles. The topological polar surface area (TPSA) is 112 Å². The van der Waals surface area contributed by atoms with Gasteiger partial charge in [-0.2, -0.15) is 5.10 Å². The molecule has 1 saturated heterocycles. The molecule has 11 heteroatoms. The second-order valence-corrected chi connectivity index (χ2v) is 9.40. The molecule has 37 heavy (non-hydrogen) atoms. The Hall–Kier alpha value is -4.12. The number of rotatable bonds is 6. The second kappa shape index (κ2) is 10.1. The van der Waals surface area contributed by atoms with Gasteiger partial charge in [0.2, 0.25) is 11.8 Å². The van der Waals surface area contributed by atoms with Crippen LogP contribution in [-0.4, -0.2) is 55.6 Å². The fraction of sp³-hybridized carbons (Fsp3) is 0.346. The Bertz CT molecular complexity index is 1340. The molecule has 2 aliphatic heterocycles. The van der Waals surface area contributed by atoms with Gasteiger partial charge in [0.15, 0.2) is 0 Å². The van der Waals surface area contributed by atoms with Crippen LogP contribution in [0.3, 0.4) is 0 Å². The van der Waals surface area contributed by atoms with Gasteiger partial charge in [-0.05, 0) is 29.7 Å². The Kier molecular flexibility index (Phi) is 6.70. The van der Waals surface area contributed by atoms with E-state index in [0.717, 1.165) is 30.3 Å². The molecular formula is C26H28FN7O3. The number of hydrazine groups is 1. The molecule has 0 unspecified atom stereocenters. The van der Waals surface area contributed by atoms with Crippen LogP contribution in [0, 0.1) is 11.7 Å². The number of anilines is 1. The van der Waals surface area contributed by atoms with Crippen LogP contribution in [0.2, 0.25) is 0 Å². The number of pyridine rings is 1. The third kappa shape index (κ3) is 5.08. The lowest BCUT2D eigenvalue weighted by atomic mass is 9.98. The summed E-state index contributed by atoms with van der Waals surface area (Å²) >= 11 is 0. The number of nitrogens with one attached hydrogen (secondary N) is 2. The maximum absolute atomic E-state index is 13.3. The first-order valence-electron chi connectivity index (χ1n) is 12.2. The zero-order valence-electron chi connectivity index (χ0n) is 20.6. The Morgan fingerprint density at radius 1 is 1.16 bits per heavy atom.